The maximum Gasteiger partial charge on any atom is 0.313 e. The lowest BCUT2D eigenvalue weighted by Crippen LogP contribution is -2.36. The predicted molar refractivity (Wildman–Crippen MR) is 110 cm³/mol. The fraction of sp³-hybridized carbons (Fsp3) is 0.500. The standard InChI is InChI=1S/C18H22F3N11O2/c1-4-31(5-2)18-28-13(27-16(21)30-18)11(34-3)7-32(17-25-9-24-15(20)29-17)6-10(33)12-22-8-23-14(19)26-12/h8-11,33H,4-7H2,1-3H3/t10-,11-/m0/s1. The van der Waals surface area contributed by atoms with Crippen molar-refractivity contribution < 1.29 is 23.0 Å². The first-order valence-corrected chi connectivity index (χ1v) is 10.2. The minimum atomic E-state index is -1.45. The SMILES string of the molecule is CCN(CC)c1nc(F)nc([C@H](CN(C[C@H](O)c2ncnc(F)n2)c2ncnc(F)n2)OC)n1. The lowest BCUT2D eigenvalue weighted by atomic mass is 10.2. The molecule has 0 radical (unpaired) electrons. The van der Waals surface area contributed by atoms with Crippen LogP contribution in [0.2, 0.25) is 0 Å². The smallest absolute Gasteiger partial charge is 0.313 e. The maximum absolute atomic E-state index is 14.2. The van der Waals surface area contributed by atoms with E-state index in [9.17, 15) is 18.3 Å². The van der Waals surface area contributed by atoms with Gasteiger partial charge in [0.2, 0.25) is 11.9 Å². The van der Waals surface area contributed by atoms with Crippen molar-refractivity contribution in [3.05, 3.63) is 42.5 Å². The van der Waals surface area contributed by atoms with E-state index >= 15 is 0 Å². The van der Waals surface area contributed by atoms with Crippen LogP contribution in [-0.2, 0) is 4.74 Å². The molecule has 0 saturated heterocycles. The van der Waals surface area contributed by atoms with Gasteiger partial charge in [0, 0.05) is 20.2 Å². The van der Waals surface area contributed by atoms with Gasteiger partial charge in [-0.15, -0.1) is 0 Å². The summed E-state index contributed by atoms with van der Waals surface area (Å²) in [5.41, 5.74) is 0. The van der Waals surface area contributed by atoms with Crippen molar-refractivity contribution >= 4 is 11.9 Å². The number of halogens is 3. The van der Waals surface area contributed by atoms with Gasteiger partial charge in [-0.3, -0.25) is 0 Å². The Hall–Kier alpha value is -3.66. The summed E-state index contributed by atoms with van der Waals surface area (Å²) in [6.45, 7) is 4.31. The molecule has 2 atom stereocenters. The molecule has 0 bridgehead atoms. The number of anilines is 2. The van der Waals surface area contributed by atoms with Crippen LogP contribution < -0.4 is 9.80 Å². The largest absolute Gasteiger partial charge is 0.383 e. The molecule has 0 aliphatic carbocycles. The van der Waals surface area contributed by atoms with Crippen LogP contribution in [0.4, 0.5) is 25.1 Å². The summed E-state index contributed by atoms with van der Waals surface area (Å²) in [4.78, 5) is 36.0. The number of aliphatic hydroxyl groups is 1. The molecule has 0 aromatic carbocycles. The van der Waals surface area contributed by atoms with Crippen molar-refractivity contribution in [2.24, 2.45) is 0 Å². The summed E-state index contributed by atoms with van der Waals surface area (Å²) in [5, 5.41) is 10.6. The molecule has 0 amide bonds. The Morgan fingerprint density at radius 2 is 1.38 bits per heavy atom. The zero-order chi connectivity index (χ0) is 24.7. The molecule has 0 aliphatic rings. The van der Waals surface area contributed by atoms with E-state index in [2.05, 4.69) is 44.9 Å². The molecule has 0 saturated carbocycles. The highest BCUT2D eigenvalue weighted by molar-refractivity contribution is 5.31. The van der Waals surface area contributed by atoms with Crippen LogP contribution in [0.3, 0.4) is 0 Å². The third-order valence-electron chi connectivity index (χ3n) is 4.68. The molecule has 3 rings (SSSR count). The van der Waals surface area contributed by atoms with Crippen molar-refractivity contribution in [2.45, 2.75) is 26.1 Å². The van der Waals surface area contributed by atoms with Crippen molar-refractivity contribution in [1.82, 2.24) is 44.9 Å². The van der Waals surface area contributed by atoms with E-state index in [0.717, 1.165) is 12.7 Å². The van der Waals surface area contributed by atoms with Gasteiger partial charge in [0.25, 0.3) is 0 Å². The molecule has 0 spiro atoms. The van der Waals surface area contributed by atoms with Gasteiger partial charge in [0.1, 0.15) is 24.9 Å². The van der Waals surface area contributed by atoms with Crippen molar-refractivity contribution in [1.29, 1.82) is 0 Å². The van der Waals surface area contributed by atoms with E-state index in [0.29, 0.717) is 13.1 Å². The monoisotopic (exact) mass is 481 g/mol. The third-order valence-corrected chi connectivity index (χ3v) is 4.68. The van der Waals surface area contributed by atoms with Gasteiger partial charge in [0.15, 0.2) is 11.6 Å². The van der Waals surface area contributed by atoms with E-state index in [1.54, 1.807) is 4.90 Å². The summed E-state index contributed by atoms with van der Waals surface area (Å²) in [6, 6.07) is 0. The molecule has 3 aromatic heterocycles. The van der Waals surface area contributed by atoms with Gasteiger partial charge in [-0.1, -0.05) is 0 Å². The first kappa shape index (κ1) is 25.0. The Morgan fingerprint density at radius 1 is 0.765 bits per heavy atom. The third kappa shape index (κ3) is 6.22. The molecule has 0 unspecified atom stereocenters. The highest BCUT2D eigenvalue weighted by Crippen LogP contribution is 2.21. The molecular weight excluding hydrogens is 459 g/mol. The molecule has 182 valence electrons. The van der Waals surface area contributed by atoms with Crippen LogP contribution in [0, 0.1) is 18.2 Å². The zero-order valence-electron chi connectivity index (χ0n) is 18.5. The summed E-state index contributed by atoms with van der Waals surface area (Å²) < 4.78 is 46.7. The summed E-state index contributed by atoms with van der Waals surface area (Å²) in [6.07, 6.45) is -3.75. The highest BCUT2D eigenvalue weighted by atomic mass is 19.1. The number of aliphatic hydroxyl groups excluding tert-OH is 1. The summed E-state index contributed by atoms with van der Waals surface area (Å²) in [5.74, 6) is -0.372. The van der Waals surface area contributed by atoms with E-state index in [-0.39, 0.29) is 36.6 Å². The van der Waals surface area contributed by atoms with E-state index in [1.807, 2.05) is 13.8 Å². The number of methoxy groups -OCH3 is 1. The fourth-order valence-electron chi connectivity index (χ4n) is 3.01. The number of rotatable bonds is 11. The molecule has 0 aliphatic heterocycles. The molecule has 16 heteroatoms. The first-order valence-electron chi connectivity index (χ1n) is 10.2. The second kappa shape index (κ2) is 11.5. The Bertz CT molecular complexity index is 1090. The van der Waals surface area contributed by atoms with Gasteiger partial charge in [-0.2, -0.15) is 48.1 Å². The average Bonchev–Trinajstić information content (AvgIpc) is 2.82. The van der Waals surface area contributed by atoms with Crippen molar-refractivity contribution in [3.8, 4) is 0 Å². The molecule has 1 N–H and O–H groups in total. The van der Waals surface area contributed by atoms with Crippen LogP contribution in [0.15, 0.2) is 12.7 Å². The molecule has 0 fully saturated rings. The van der Waals surface area contributed by atoms with E-state index < -0.39 is 30.4 Å². The molecule has 3 aromatic rings. The van der Waals surface area contributed by atoms with E-state index in [1.165, 1.54) is 12.0 Å². The van der Waals surface area contributed by atoms with Gasteiger partial charge in [-0.05, 0) is 13.8 Å². The second-order valence-electron chi connectivity index (χ2n) is 6.75. The molecule has 34 heavy (non-hydrogen) atoms. The van der Waals surface area contributed by atoms with Crippen LogP contribution >= 0.6 is 0 Å². The van der Waals surface area contributed by atoms with E-state index in [4.69, 9.17) is 4.74 Å². The Balaban J connectivity index is 1.93. The number of ether oxygens (including phenoxy) is 1. The van der Waals surface area contributed by atoms with Crippen LogP contribution in [-0.4, -0.2) is 83.3 Å². The molecule has 3 heterocycles. The minimum Gasteiger partial charge on any atom is -0.383 e. The Morgan fingerprint density at radius 3 is 2.00 bits per heavy atom. The minimum absolute atomic E-state index is 0.0443. The van der Waals surface area contributed by atoms with Gasteiger partial charge >= 0.3 is 18.2 Å². The predicted octanol–water partition coefficient (Wildman–Crippen LogP) is 0.433. The quantitative estimate of drug-likeness (QED) is 0.403. The van der Waals surface area contributed by atoms with Gasteiger partial charge in [0.05, 0.1) is 13.1 Å². The highest BCUT2D eigenvalue weighted by Gasteiger charge is 2.26. The average molecular weight is 481 g/mol. The molecule has 13 nitrogen and oxygen atoms in total. The first-order chi connectivity index (χ1) is 16.3. The lowest BCUT2D eigenvalue weighted by Gasteiger charge is -2.28. The Labute approximate surface area is 192 Å². The summed E-state index contributed by atoms with van der Waals surface area (Å²) in [7, 11) is 1.34. The van der Waals surface area contributed by atoms with Crippen LogP contribution in [0.1, 0.15) is 37.7 Å². The van der Waals surface area contributed by atoms with Crippen LogP contribution in [0.25, 0.3) is 0 Å². The van der Waals surface area contributed by atoms with Gasteiger partial charge < -0.3 is 19.6 Å². The maximum atomic E-state index is 14.2. The number of nitrogens with zero attached hydrogens (tertiary/aromatic N) is 11. The number of hydrogen-bond acceptors (Lipinski definition) is 13. The van der Waals surface area contributed by atoms with Gasteiger partial charge in [-0.25, -0.2) is 9.97 Å². The van der Waals surface area contributed by atoms with Crippen LogP contribution in [0.5, 0.6) is 0 Å². The Kier molecular flexibility index (Phi) is 8.42. The number of hydrogen-bond donors (Lipinski definition) is 1. The second-order valence-corrected chi connectivity index (χ2v) is 6.75. The topological polar surface area (TPSA) is 152 Å². The van der Waals surface area contributed by atoms with Crippen molar-refractivity contribution in [2.75, 3.05) is 43.1 Å². The summed E-state index contributed by atoms with van der Waals surface area (Å²) >= 11 is 0. The number of aromatic nitrogens is 9. The lowest BCUT2D eigenvalue weighted by molar-refractivity contribution is 0.0947. The fourth-order valence-corrected chi connectivity index (χ4v) is 3.01. The normalized spacial score (nSPS) is 12.9. The van der Waals surface area contributed by atoms with Crippen molar-refractivity contribution in [3.63, 3.8) is 0 Å². The zero-order valence-corrected chi connectivity index (χ0v) is 18.5. The molecular formula is C18H22F3N11O2.